The highest BCUT2D eigenvalue weighted by molar-refractivity contribution is 9.10. The molecule has 1 fully saturated rings. The molecule has 17 heavy (non-hydrogen) atoms. The third kappa shape index (κ3) is 2.28. The van der Waals surface area contributed by atoms with Gasteiger partial charge in [0.1, 0.15) is 0 Å². The molecule has 0 radical (unpaired) electrons. The number of aromatic nitrogens is 2. The largest absolute Gasteiger partial charge is 0.325 e. The molecule has 1 aliphatic carbocycles. The molecule has 0 aliphatic heterocycles. The number of hydrogen-bond donors (Lipinski definition) is 1. The van der Waals surface area contributed by atoms with Gasteiger partial charge in [0.15, 0.2) is 0 Å². The van der Waals surface area contributed by atoms with Crippen molar-refractivity contribution < 1.29 is 0 Å². The van der Waals surface area contributed by atoms with Crippen molar-refractivity contribution in [1.82, 2.24) is 9.78 Å². The Bertz CT molecular complexity index is 530. The van der Waals surface area contributed by atoms with Gasteiger partial charge < -0.3 is 5.73 Å². The molecule has 0 amide bonds. The van der Waals surface area contributed by atoms with Gasteiger partial charge in [-0.2, -0.15) is 5.10 Å². The van der Waals surface area contributed by atoms with Crippen LogP contribution in [0.2, 0.25) is 0 Å². The maximum absolute atomic E-state index is 6.13. The van der Waals surface area contributed by atoms with E-state index in [-0.39, 0.29) is 5.54 Å². The molecule has 88 valence electrons. The van der Waals surface area contributed by atoms with Gasteiger partial charge in [0.05, 0.1) is 5.69 Å². The summed E-state index contributed by atoms with van der Waals surface area (Å²) in [4.78, 5) is 0. The lowest BCUT2D eigenvalue weighted by Gasteiger charge is -2.11. The highest BCUT2D eigenvalue weighted by atomic mass is 79.9. The van der Waals surface area contributed by atoms with Crippen LogP contribution in [0.3, 0.4) is 0 Å². The van der Waals surface area contributed by atoms with Gasteiger partial charge >= 0.3 is 0 Å². The molecule has 0 bridgehead atoms. The van der Waals surface area contributed by atoms with E-state index in [9.17, 15) is 0 Å². The summed E-state index contributed by atoms with van der Waals surface area (Å²) in [5.74, 6) is 0. The van der Waals surface area contributed by atoms with Gasteiger partial charge in [0.2, 0.25) is 0 Å². The lowest BCUT2D eigenvalue weighted by Crippen LogP contribution is -2.24. The summed E-state index contributed by atoms with van der Waals surface area (Å²) in [6, 6.07) is 8.27. The summed E-state index contributed by atoms with van der Waals surface area (Å²) >= 11 is 3.59. The third-order valence-electron chi connectivity index (χ3n) is 3.21. The number of benzene rings is 1. The van der Waals surface area contributed by atoms with Crippen molar-refractivity contribution in [2.24, 2.45) is 5.73 Å². The van der Waals surface area contributed by atoms with Gasteiger partial charge in [-0.15, -0.1) is 0 Å². The summed E-state index contributed by atoms with van der Waals surface area (Å²) in [7, 11) is 0. The van der Waals surface area contributed by atoms with Gasteiger partial charge in [0.25, 0.3) is 0 Å². The van der Waals surface area contributed by atoms with Crippen molar-refractivity contribution in [2.75, 3.05) is 0 Å². The second-order valence-corrected chi connectivity index (χ2v) is 5.63. The molecule has 1 aromatic carbocycles. The third-order valence-corrected chi connectivity index (χ3v) is 3.85. The van der Waals surface area contributed by atoms with Crippen LogP contribution in [0.15, 0.2) is 41.1 Å². The first-order valence-corrected chi connectivity index (χ1v) is 6.53. The first kappa shape index (κ1) is 11.0. The minimum atomic E-state index is 0.0622. The Kier molecular flexibility index (Phi) is 2.56. The van der Waals surface area contributed by atoms with Crippen LogP contribution >= 0.6 is 15.9 Å². The topological polar surface area (TPSA) is 43.8 Å². The molecular formula is C13H14BrN3. The minimum Gasteiger partial charge on any atom is -0.325 e. The molecule has 1 heterocycles. The van der Waals surface area contributed by atoms with E-state index in [1.54, 1.807) is 6.20 Å². The number of rotatable bonds is 3. The van der Waals surface area contributed by atoms with E-state index in [4.69, 9.17) is 5.73 Å². The summed E-state index contributed by atoms with van der Waals surface area (Å²) in [5, 5.41) is 4.23. The van der Waals surface area contributed by atoms with Crippen LogP contribution in [0.1, 0.15) is 18.4 Å². The lowest BCUT2D eigenvalue weighted by atomic mass is 10.0. The van der Waals surface area contributed by atoms with Crippen molar-refractivity contribution in [2.45, 2.75) is 24.8 Å². The van der Waals surface area contributed by atoms with E-state index in [0.717, 1.165) is 29.4 Å². The minimum absolute atomic E-state index is 0.0622. The molecule has 0 spiro atoms. The van der Waals surface area contributed by atoms with Crippen LogP contribution in [0.5, 0.6) is 0 Å². The number of nitrogens with zero attached hydrogens (tertiary/aromatic N) is 2. The Labute approximate surface area is 109 Å². The van der Waals surface area contributed by atoms with E-state index < -0.39 is 0 Å². The average molecular weight is 292 g/mol. The van der Waals surface area contributed by atoms with E-state index in [0.29, 0.717) is 0 Å². The molecule has 1 aliphatic rings. The highest BCUT2D eigenvalue weighted by Gasteiger charge is 2.37. The summed E-state index contributed by atoms with van der Waals surface area (Å²) in [5.41, 5.74) is 8.53. The quantitative estimate of drug-likeness (QED) is 0.945. The summed E-state index contributed by atoms with van der Waals surface area (Å²) < 4.78 is 2.91. The van der Waals surface area contributed by atoms with Crippen molar-refractivity contribution in [3.8, 4) is 5.69 Å². The molecule has 0 atom stereocenters. The highest BCUT2D eigenvalue weighted by Crippen LogP contribution is 2.36. The maximum Gasteiger partial charge on any atom is 0.0787 e. The first-order valence-electron chi connectivity index (χ1n) is 5.74. The zero-order valence-electron chi connectivity index (χ0n) is 9.44. The lowest BCUT2D eigenvalue weighted by molar-refractivity contribution is 0.671. The second kappa shape index (κ2) is 3.96. The molecule has 2 aromatic rings. The predicted molar refractivity (Wildman–Crippen MR) is 71.1 cm³/mol. The monoisotopic (exact) mass is 291 g/mol. The van der Waals surface area contributed by atoms with Crippen LogP contribution in [0.4, 0.5) is 0 Å². The molecule has 3 nitrogen and oxygen atoms in total. The van der Waals surface area contributed by atoms with Crippen molar-refractivity contribution >= 4 is 15.9 Å². The fourth-order valence-electron chi connectivity index (χ4n) is 2.00. The molecule has 0 saturated heterocycles. The molecular weight excluding hydrogens is 278 g/mol. The van der Waals surface area contributed by atoms with Crippen LogP contribution in [-0.2, 0) is 6.42 Å². The Morgan fingerprint density at radius 2 is 2.24 bits per heavy atom. The van der Waals surface area contributed by atoms with E-state index in [2.05, 4.69) is 39.2 Å². The summed E-state index contributed by atoms with van der Waals surface area (Å²) in [6.07, 6.45) is 6.96. The number of nitrogens with two attached hydrogens (primary N) is 1. The van der Waals surface area contributed by atoms with Gasteiger partial charge in [-0.25, -0.2) is 4.68 Å². The normalized spacial score (nSPS) is 17.1. The van der Waals surface area contributed by atoms with Crippen LogP contribution < -0.4 is 5.73 Å². The van der Waals surface area contributed by atoms with Crippen LogP contribution in [-0.4, -0.2) is 15.3 Å². The zero-order chi connectivity index (χ0) is 11.9. The molecule has 2 N–H and O–H groups in total. The molecule has 3 rings (SSSR count). The smallest absolute Gasteiger partial charge is 0.0787 e. The van der Waals surface area contributed by atoms with Crippen LogP contribution in [0, 0.1) is 0 Å². The Balaban J connectivity index is 1.89. The predicted octanol–water partition coefficient (Wildman–Crippen LogP) is 2.67. The molecule has 4 heteroatoms. The van der Waals surface area contributed by atoms with E-state index in [1.165, 1.54) is 5.56 Å². The average Bonchev–Trinajstić information content (AvgIpc) is 2.81. The van der Waals surface area contributed by atoms with Crippen molar-refractivity contribution in [3.05, 3.63) is 46.7 Å². The Morgan fingerprint density at radius 3 is 2.82 bits per heavy atom. The first-order chi connectivity index (χ1) is 8.16. The Morgan fingerprint density at radius 1 is 1.41 bits per heavy atom. The SMILES string of the molecule is NC1(Cc2ccc(-n3cccn3)c(Br)c2)CC1. The van der Waals surface area contributed by atoms with E-state index in [1.807, 2.05) is 16.9 Å². The molecule has 1 aromatic heterocycles. The summed E-state index contributed by atoms with van der Waals surface area (Å²) in [6.45, 7) is 0. The second-order valence-electron chi connectivity index (χ2n) is 4.78. The zero-order valence-corrected chi connectivity index (χ0v) is 11.0. The van der Waals surface area contributed by atoms with Gasteiger partial charge in [-0.1, -0.05) is 6.07 Å². The maximum atomic E-state index is 6.13. The standard InChI is InChI=1S/C13H14BrN3/c14-11-8-10(9-13(15)4-5-13)2-3-12(11)17-7-1-6-16-17/h1-3,6-8H,4-5,9,15H2. The fourth-order valence-corrected chi connectivity index (χ4v) is 2.61. The van der Waals surface area contributed by atoms with E-state index >= 15 is 0 Å². The molecule has 0 unspecified atom stereocenters. The Hall–Kier alpha value is -1.13. The fraction of sp³-hybridized carbons (Fsp3) is 0.308. The van der Waals surface area contributed by atoms with Crippen LogP contribution in [0.25, 0.3) is 5.69 Å². The van der Waals surface area contributed by atoms with Gasteiger partial charge in [0, 0.05) is 22.4 Å². The van der Waals surface area contributed by atoms with Crippen molar-refractivity contribution in [1.29, 1.82) is 0 Å². The number of halogens is 1. The molecule has 1 saturated carbocycles. The van der Waals surface area contributed by atoms with Gasteiger partial charge in [-0.3, -0.25) is 0 Å². The number of hydrogen-bond acceptors (Lipinski definition) is 2. The van der Waals surface area contributed by atoms with Crippen molar-refractivity contribution in [3.63, 3.8) is 0 Å². The van der Waals surface area contributed by atoms with Gasteiger partial charge in [-0.05, 0) is 59.0 Å².